The van der Waals surface area contributed by atoms with Crippen molar-refractivity contribution in [2.75, 3.05) is 7.11 Å². The van der Waals surface area contributed by atoms with Gasteiger partial charge in [-0.1, -0.05) is 54.6 Å². The lowest BCUT2D eigenvalue weighted by molar-refractivity contribution is -0.156. The first-order chi connectivity index (χ1) is 13.5. The maximum absolute atomic E-state index is 13.2. The molecule has 2 atom stereocenters. The molecule has 142 valence electrons. The summed E-state index contributed by atoms with van der Waals surface area (Å²) in [4.78, 5) is 53.0. The molecule has 0 spiro atoms. The summed E-state index contributed by atoms with van der Waals surface area (Å²) in [6.07, 6.45) is -0.113. The Morgan fingerprint density at radius 1 is 1.07 bits per heavy atom. The van der Waals surface area contributed by atoms with Crippen molar-refractivity contribution in [3.8, 4) is 0 Å². The topological polar surface area (TPSA) is 80.8 Å². The number of fused-ring (bicyclic) bond motifs is 1. The summed E-state index contributed by atoms with van der Waals surface area (Å²) in [7, 11) is 1.20. The number of imide groups is 1. The summed E-state index contributed by atoms with van der Waals surface area (Å²) in [6, 6.07) is 16.0. The lowest BCUT2D eigenvalue weighted by Crippen LogP contribution is -2.48. The van der Waals surface area contributed by atoms with Crippen molar-refractivity contribution in [3.05, 3.63) is 71.3 Å². The van der Waals surface area contributed by atoms with E-state index >= 15 is 0 Å². The van der Waals surface area contributed by atoms with Gasteiger partial charge in [0.1, 0.15) is 5.41 Å². The number of esters is 1. The normalized spacial score (nSPS) is 23.8. The number of benzene rings is 2. The third kappa shape index (κ3) is 2.56. The van der Waals surface area contributed by atoms with Crippen LogP contribution < -0.4 is 0 Å². The van der Waals surface area contributed by atoms with Gasteiger partial charge in [-0.3, -0.25) is 24.1 Å². The van der Waals surface area contributed by atoms with Crippen molar-refractivity contribution in [3.63, 3.8) is 0 Å². The molecule has 0 saturated carbocycles. The zero-order valence-electron chi connectivity index (χ0n) is 15.4. The van der Waals surface area contributed by atoms with Crippen molar-refractivity contribution >= 4 is 23.6 Å². The molecule has 1 fully saturated rings. The summed E-state index contributed by atoms with van der Waals surface area (Å²) in [5.74, 6) is -3.15. The second-order valence-electron chi connectivity index (χ2n) is 7.19. The van der Waals surface area contributed by atoms with Gasteiger partial charge in [-0.25, -0.2) is 0 Å². The minimum Gasteiger partial charge on any atom is -0.468 e. The molecule has 2 aromatic carbocycles. The number of likely N-dealkylation sites (tertiary alicyclic amines) is 1. The highest BCUT2D eigenvalue weighted by atomic mass is 16.5. The van der Waals surface area contributed by atoms with Crippen molar-refractivity contribution in [1.29, 1.82) is 0 Å². The molecule has 2 aromatic rings. The maximum Gasteiger partial charge on any atom is 0.320 e. The van der Waals surface area contributed by atoms with Crippen LogP contribution in [-0.4, -0.2) is 35.6 Å². The Hall–Kier alpha value is -3.28. The number of rotatable bonds is 4. The van der Waals surface area contributed by atoms with Crippen molar-refractivity contribution in [1.82, 2.24) is 4.90 Å². The summed E-state index contributed by atoms with van der Waals surface area (Å²) < 4.78 is 4.95. The second-order valence-corrected chi connectivity index (χ2v) is 7.19. The molecular formula is C22H19NO5. The van der Waals surface area contributed by atoms with Gasteiger partial charge in [0.2, 0.25) is 11.8 Å². The smallest absolute Gasteiger partial charge is 0.320 e. The van der Waals surface area contributed by atoms with Crippen LogP contribution in [0.1, 0.15) is 27.9 Å². The third-order valence-corrected chi connectivity index (χ3v) is 5.71. The number of carbonyl (C=O) groups excluding carboxylic acids is 4. The number of hydrogen-bond acceptors (Lipinski definition) is 5. The van der Waals surface area contributed by atoms with Crippen LogP contribution in [0.2, 0.25) is 0 Å². The number of hydrogen-bond donors (Lipinski definition) is 0. The van der Waals surface area contributed by atoms with Crippen LogP contribution in [0, 0.1) is 11.3 Å². The van der Waals surface area contributed by atoms with Gasteiger partial charge in [0.15, 0.2) is 5.78 Å². The Kier molecular flexibility index (Phi) is 4.34. The number of ether oxygens (including phenoxy) is 1. The van der Waals surface area contributed by atoms with Gasteiger partial charge in [0, 0.05) is 12.0 Å². The van der Waals surface area contributed by atoms with Gasteiger partial charge in [0.25, 0.3) is 0 Å². The van der Waals surface area contributed by atoms with Crippen LogP contribution in [0.4, 0.5) is 0 Å². The number of methoxy groups -OCH3 is 1. The molecule has 0 aromatic heterocycles. The summed E-state index contributed by atoms with van der Waals surface area (Å²) in [5, 5.41) is 0. The first-order valence-corrected chi connectivity index (χ1v) is 9.08. The molecule has 2 amide bonds. The fraction of sp³-hybridized carbons (Fsp3) is 0.273. The second kappa shape index (κ2) is 6.71. The standard InChI is InChI=1S/C22H19NO5/c1-28-21(27)22(12-15-9-5-6-10-16(15)19(22)25)17-11-18(24)23(20(17)26)13-14-7-3-2-4-8-14/h2-10,17H,11-13H2,1H3. The van der Waals surface area contributed by atoms with Crippen molar-refractivity contribution in [2.24, 2.45) is 11.3 Å². The number of carbonyl (C=O) groups is 4. The van der Waals surface area contributed by atoms with E-state index in [4.69, 9.17) is 4.74 Å². The highest BCUT2D eigenvalue weighted by Gasteiger charge is 2.63. The first-order valence-electron chi connectivity index (χ1n) is 9.08. The molecule has 2 unspecified atom stereocenters. The number of nitrogens with zero attached hydrogens (tertiary/aromatic N) is 1. The molecule has 1 aliphatic heterocycles. The Labute approximate surface area is 162 Å². The minimum absolute atomic E-state index is 0.0670. The van der Waals surface area contributed by atoms with Gasteiger partial charge < -0.3 is 4.74 Å². The molecule has 2 aliphatic rings. The fourth-order valence-electron chi connectivity index (χ4n) is 4.29. The van der Waals surface area contributed by atoms with E-state index in [1.165, 1.54) is 7.11 Å². The average Bonchev–Trinajstić information content (AvgIpc) is 3.17. The van der Waals surface area contributed by atoms with E-state index in [2.05, 4.69) is 0 Å². The van der Waals surface area contributed by atoms with Crippen LogP contribution in [0.15, 0.2) is 54.6 Å². The van der Waals surface area contributed by atoms with E-state index in [9.17, 15) is 19.2 Å². The lowest BCUT2D eigenvalue weighted by Gasteiger charge is -2.29. The summed E-state index contributed by atoms with van der Waals surface area (Å²) in [6.45, 7) is 0.118. The van der Waals surface area contributed by atoms with Gasteiger partial charge in [-0.05, 0) is 17.5 Å². The highest BCUT2D eigenvalue weighted by molar-refractivity contribution is 6.20. The van der Waals surface area contributed by atoms with E-state index in [1.54, 1.807) is 24.3 Å². The predicted octanol–water partition coefficient (Wildman–Crippen LogP) is 2.16. The number of Topliss-reactive ketones (excluding diaryl/α,β-unsaturated/α-hetero) is 1. The largest absolute Gasteiger partial charge is 0.468 e. The molecule has 4 rings (SSSR count). The monoisotopic (exact) mass is 377 g/mol. The van der Waals surface area contributed by atoms with Crippen molar-refractivity contribution in [2.45, 2.75) is 19.4 Å². The molecule has 28 heavy (non-hydrogen) atoms. The lowest BCUT2D eigenvalue weighted by atomic mass is 9.71. The third-order valence-electron chi connectivity index (χ3n) is 5.71. The maximum atomic E-state index is 13.2. The van der Waals surface area contributed by atoms with Crippen LogP contribution in [0.3, 0.4) is 0 Å². The molecule has 0 N–H and O–H groups in total. The average molecular weight is 377 g/mol. The quantitative estimate of drug-likeness (QED) is 0.463. The predicted molar refractivity (Wildman–Crippen MR) is 99.0 cm³/mol. The molecule has 1 aliphatic carbocycles. The SMILES string of the molecule is COC(=O)C1(C2CC(=O)N(Cc3ccccc3)C2=O)Cc2ccccc2C1=O. The highest BCUT2D eigenvalue weighted by Crippen LogP contribution is 2.47. The van der Waals surface area contributed by atoms with E-state index in [0.717, 1.165) is 10.5 Å². The molecule has 1 heterocycles. The Balaban J connectivity index is 1.71. The molecule has 6 nitrogen and oxygen atoms in total. The van der Waals surface area contributed by atoms with Gasteiger partial charge in [-0.15, -0.1) is 0 Å². The Morgan fingerprint density at radius 2 is 1.75 bits per heavy atom. The van der Waals surface area contributed by atoms with Gasteiger partial charge >= 0.3 is 5.97 Å². The fourth-order valence-corrected chi connectivity index (χ4v) is 4.29. The van der Waals surface area contributed by atoms with Crippen LogP contribution in [-0.2, 0) is 32.1 Å². The number of amides is 2. The van der Waals surface area contributed by atoms with E-state index < -0.39 is 29.0 Å². The summed E-state index contributed by atoms with van der Waals surface area (Å²) in [5.41, 5.74) is 0.226. The minimum atomic E-state index is -1.68. The van der Waals surface area contributed by atoms with Crippen LogP contribution >= 0.6 is 0 Å². The molecule has 0 radical (unpaired) electrons. The van der Waals surface area contributed by atoms with E-state index in [-0.39, 0.29) is 25.3 Å². The molecular weight excluding hydrogens is 358 g/mol. The van der Waals surface area contributed by atoms with E-state index in [1.807, 2.05) is 30.3 Å². The summed E-state index contributed by atoms with van der Waals surface area (Å²) >= 11 is 0. The first kappa shape index (κ1) is 18.1. The number of ketones is 1. The Morgan fingerprint density at radius 3 is 2.43 bits per heavy atom. The zero-order chi connectivity index (χ0) is 19.9. The van der Waals surface area contributed by atoms with Crippen LogP contribution in [0.5, 0.6) is 0 Å². The van der Waals surface area contributed by atoms with Crippen LogP contribution in [0.25, 0.3) is 0 Å². The molecule has 1 saturated heterocycles. The Bertz CT molecular complexity index is 983. The molecule has 6 heteroatoms. The van der Waals surface area contributed by atoms with E-state index in [0.29, 0.717) is 11.1 Å². The van der Waals surface area contributed by atoms with Gasteiger partial charge in [-0.2, -0.15) is 0 Å². The van der Waals surface area contributed by atoms with Crippen molar-refractivity contribution < 1.29 is 23.9 Å². The zero-order valence-corrected chi connectivity index (χ0v) is 15.4. The molecule has 0 bridgehead atoms. The van der Waals surface area contributed by atoms with Gasteiger partial charge in [0.05, 0.1) is 19.6 Å².